The molecule has 2 heterocycles. The molecule has 0 spiro atoms. The van der Waals surface area contributed by atoms with Crippen LogP contribution in [0, 0.1) is 5.92 Å². The van der Waals surface area contributed by atoms with Gasteiger partial charge >= 0.3 is 0 Å². The first-order valence-corrected chi connectivity index (χ1v) is 8.11. The molecule has 6 heteroatoms. The Morgan fingerprint density at radius 1 is 1.18 bits per heavy atom. The first-order chi connectivity index (χ1) is 10.7. The van der Waals surface area contributed by atoms with Crippen LogP contribution in [-0.2, 0) is 0 Å². The number of nitrogens with zero attached hydrogens (tertiary/aromatic N) is 3. The minimum Gasteiger partial charge on any atom is -0.363 e. The molecule has 4 saturated carbocycles. The summed E-state index contributed by atoms with van der Waals surface area (Å²) in [5.74, 6) is 2.52. The Kier molecular flexibility index (Phi) is 2.45. The van der Waals surface area contributed by atoms with Crippen LogP contribution in [0.1, 0.15) is 32.1 Å². The van der Waals surface area contributed by atoms with Crippen LogP contribution in [0.15, 0.2) is 18.5 Å². The van der Waals surface area contributed by atoms with Crippen molar-refractivity contribution in [1.82, 2.24) is 15.0 Å². The Balaban J connectivity index is 1.44. The van der Waals surface area contributed by atoms with Crippen molar-refractivity contribution < 1.29 is 0 Å². The molecule has 0 radical (unpaired) electrons. The van der Waals surface area contributed by atoms with Crippen LogP contribution in [0.25, 0.3) is 10.9 Å². The molecule has 4 N–H and O–H groups in total. The van der Waals surface area contributed by atoms with E-state index in [-0.39, 0.29) is 0 Å². The topological polar surface area (TPSA) is 88.8 Å². The van der Waals surface area contributed by atoms with Gasteiger partial charge in [0.1, 0.15) is 5.52 Å². The van der Waals surface area contributed by atoms with Crippen molar-refractivity contribution in [2.75, 3.05) is 10.6 Å². The fourth-order valence-electron chi connectivity index (χ4n) is 3.96. The second-order valence-corrected chi connectivity index (χ2v) is 7.25. The standard InChI is InChI=1S/C16H20N6/c17-11-3-12(4-11)20-15-19-8-10-1-2-18-14(13(10)21-15)22-16-5-9(6-16)7-16/h1-2,8-9,11-12H,3-7,17H2,(H,18,22)(H,19,20,21). The smallest absolute Gasteiger partial charge is 0.223 e. The highest BCUT2D eigenvalue weighted by molar-refractivity contribution is 5.88. The lowest BCUT2D eigenvalue weighted by atomic mass is 9.50. The summed E-state index contributed by atoms with van der Waals surface area (Å²) < 4.78 is 0. The Hall–Kier alpha value is -1.95. The van der Waals surface area contributed by atoms with Gasteiger partial charge in [-0.1, -0.05) is 0 Å². The maximum atomic E-state index is 5.83. The number of hydrogen-bond donors (Lipinski definition) is 3. The van der Waals surface area contributed by atoms with Crippen molar-refractivity contribution in [2.24, 2.45) is 11.7 Å². The molecular weight excluding hydrogens is 276 g/mol. The highest BCUT2D eigenvalue weighted by Crippen LogP contribution is 2.58. The van der Waals surface area contributed by atoms with Crippen molar-refractivity contribution in [3.8, 4) is 0 Å². The minimum absolute atomic E-state index is 0.297. The Morgan fingerprint density at radius 3 is 2.68 bits per heavy atom. The van der Waals surface area contributed by atoms with Crippen molar-refractivity contribution in [3.63, 3.8) is 0 Å². The van der Waals surface area contributed by atoms with Gasteiger partial charge in [-0.2, -0.15) is 0 Å². The summed E-state index contributed by atoms with van der Waals surface area (Å²) in [6.07, 6.45) is 9.52. The molecule has 0 saturated heterocycles. The van der Waals surface area contributed by atoms with Crippen LogP contribution >= 0.6 is 0 Å². The van der Waals surface area contributed by atoms with Crippen LogP contribution in [0.5, 0.6) is 0 Å². The van der Waals surface area contributed by atoms with E-state index in [1.54, 1.807) is 0 Å². The van der Waals surface area contributed by atoms with Gasteiger partial charge in [0.25, 0.3) is 0 Å². The van der Waals surface area contributed by atoms with E-state index in [4.69, 9.17) is 10.7 Å². The molecule has 4 fully saturated rings. The van der Waals surface area contributed by atoms with Crippen molar-refractivity contribution >= 4 is 22.7 Å². The largest absolute Gasteiger partial charge is 0.363 e. The van der Waals surface area contributed by atoms with E-state index in [0.717, 1.165) is 35.5 Å². The zero-order valence-corrected chi connectivity index (χ0v) is 12.4. The summed E-state index contributed by atoms with van der Waals surface area (Å²) >= 11 is 0. The van der Waals surface area contributed by atoms with Crippen LogP contribution in [-0.4, -0.2) is 32.6 Å². The second-order valence-electron chi connectivity index (χ2n) is 7.25. The average Bonchev–Trinajstić information content (AvgIpc) is 2.40. The van der Waals surface area contributed by atoms with E-state index in [2.05, 4.69) is 20.6 Å². The summed E-state index contributed by atoms with van der Waals surface area (Å²) in [7, 11) is 0. The Morgan fingerprint density at radius 2 is 2.00 bits per heavy atom. The molecule has 0 aromatic carbocycles. The summed E-state index contributed by atoms with van der Waals surface area (Å²) in [6, 6.07) is 2.69. The van der Waals surface area contributed by atoms with Crippen molar-refractivity contribution in [2.45, 2.75) is 49.7 Å². The van der Waals surface area contributed by atoms with Gasteiger partial charge in [-0.05, 0) is 44.1 Å². The highest BCUT2D eigenvalue weighted by Gasteiger charge is 2.56. The lowest BCUT2D eigenvalue weighted by Gasteiger charge is -2.62. The number of hydrogen-bond acceptors (Lipinski definition) is 6. The lowest BCUT2D eigenvalue weighted by Crippen LogP contribution is -2.63. The molecule has 2 bridgehead atoms. The first kappa shape index (κ1) is 12.6. The van der Waals surface area contributed by atoms with Gasteiger partial charge in [-0.15, -0.1) is 0 Å². The third-order valence-corrected chi connectivity index (χ3v) is 5.43. The molecule has 2 aromatic rings. The maximum Gasteiger partial charge on any atom is 0.223 e. The quantitative estimate of drug-likeness (QED) is 0.798. The van der Waals surface area contributed by atoms with Crippen molar-refractivity contribution in [1.29, 1.82) is 0 Å². The monoisotopic (exact) mass is 296 g/mol. The molecule has 0 amide bonds. The predicted molar refractivity (Wildman–Crippen MR) is 85.6 cm³/mol. The lowest BCUT2D eigenvalue weighted by molar-refractivity contribution is 0.00192. The van der Waals surface area contributed by atoms with Crippen LogP contribution in [0.4, 0.5) is 11.8 Å². The number of nitrogens with one attached hydrogen (secondary N) is 2. The number of fused-ring (bicyclic) bond motifs is 1. The Labute approximate surface area is 128 Å². The van der Waals surface area contributed by atoms with Gasteiger partial charge in [0, 0.05) is 35.4 Å². The van der Waals surface area contributed by atoms with E-state index in [1.807, 2.05) is 18.5 Å². The predicted octanol–water partition coefficient (Wildman–Crippen LogP) is 1.89. The van der Waals surface area contributed by atoms with Gasteiger partial charge in [0.05, 0.1) is 0 Å². The SMILES string of the molecule is NC1CC(Nc2ncc3ccnc(NC45CC(C4)C5)c3n2)C1. The molecule has 6 nitrogen and oxygen atoms in total. The van der Waals surface area contributed by atoms with Crippen molar-refractivity contribution in [3.05, 3.63) is 18.5 Å². The molecule has 2 aromatic heterocycles. The summed E-state index contributed by atoms with van der Waals surface area (Å²) in [5, 5.41) is 8.03. The van der Waals surface area contributed by atoms with Gasteiger partial charge < -0.3 is 16.4 Å². The highest BCUT2D eigenvalue weighted by atomic mass is 15.2. The zero-order chi connectivity index (χ0) is 14.7. The maximum absolute atomic E-state index is 5.83. The normalized spacial score (nSPS) is 35.2. The van der Waals surface area contributed by atoms with Gasteiger partial charge in [-0.25, -0.2) is 15.0 Å². The number of anilines is 2. The molecule has 114 valence electrons. The van der Waals surface area contributed by atoms with Crippen LogP contribution in [0.2, 0.25) is 0 Å². The van der Waals surface area contributed by atoms with E-state index in [9.17, 15) is 0 Å². The molecule has 6 rings (SSSR count). The summed E-state index contributed by atoms with van der Waals surface area (Å²) in [4.78, 5) is 13.6. The Bertz CT molecular complexity index is 721. The average molecular weight is 296 g/mol. The van der Waals surface area contributed by atoms with Gasteiger partial charge in [0.15, 0.2) is 5.82 Å². The molecule has 0 aliphatic heterocycles. The second kappa shape index (κ2) is 4.29. The van der Waals surface area contributed by atoms with E-state index < -0.39 is 0 Å². The van der Waals surface area contributed by atoms with Crippen LogP contribution < -0.4 is 16.4 Å². The van der Waals surface area contributed by atoms with Gasteiger partial charge in [0.2, 0.25) is 5.95 Å². The summed E-state index contributed by atoms with van der Waals surface area (Å²) in [5.41, 5.74) is 7.04. The minimum atomic E-state index is 0.297. The molecule has 4 aliphatic carbocycles. The van der Waals surface area contributed by atoms with E-state index in [1.165, 1.54) is 19.3 Å². The molecule has 22 heavy (non-hydrogen) atoms. The number of pyridine rings is 1. The van der Waals surface area contributed by atoms with E-state index in [0.29, 0.717) is 23.6 Å². The molecule has 0 atom stereocenters. The third kappa shape index (κ3) is 1.86. The number of rotatable bonds is 4. The molecular formula is C16H20N6. The third-order valence-electron chi connectivity index (χ3n) is 5.43. The summed E-state index contributed by atoms with van der Waals surface area (Å²) in [6.45, 7) is 0. The number of aromatic nitrogens is 3. The zero-order valence-electron chi connectivity index (χ0n) is 12.4. The fourth-order valence-corrected chi connectivity index (χ4v) is 3.96. The first-order valence-electron chi connectivity index (χ1n) is 8.11. The molecule has 4 aliphatic rings. The number of nitrogens with two attached hydrogens (primary N) is 1. The fraction of sp³-hybridized carbons (Fsp3) is 0.562. The molecule has 0 unspecified atom stereocenters. The van der Waals surface area contributed by atoms with Crippen LogP contribution in [0.3, 0.4) is 0 Å². The van der Waals surface area contributed by atoms with Gasteiger partial charge in [-0.3, -0.25) is 0 Å². The van der Waals surface area contributed by atoms with E-state index >= 15 is 0 Å².